The third-order valence-electron chi connectivity index (χ3n) is 2.64. The second-order valence-corrected chi connectivity index (χ2v) is 3.82. The van der Waals surface area contributed by atoms with Crippen LogP contribution in [-0.4, -0.2) is 11.4 Å². The van der Waals surface area contributed by atoms with E-state index in [1.54, 1.807) is 24.3 Å². The van der Waals surface area contributed by atoms with E-state index in [9.17, 15) is 13.6 Å². The number of hydrogen-bond acceptors (Lipinski definition) is 2. The van der Waals surface area contributed by atoms with Crippen LogP contribution < -0.4 is 0 Å². The summed E-state index contributed by atoms with van der Waals surface area (Å²) in [6.45, 7) is -0.118. The molecule has 0 unspecified atom stereocenters. The summed E-state index contributed by atoms with van der Waals surface area (Å²) in [4.78, 5) is 10.9. The number of rotatable bonds is 3. The highest BCUT2D eigenvalue weighted by atomic mass is 19.1. The third kappa shape index (κ3) is 2.28. The normalized spacial score (nSPS) is 10.4. The average molecular weight is 248 g/mol. The second kappa shape index (κ2) is 5.06. The summed E-state index contributed by atoms with van der Waals surface area (Å²) < 4.78 is 26.7. The van der Waals surface area contributed by atoms with Gasteiger partial charge in [0.1, 0.15) is 11.6 Å². The molecule has 18 heavy (non-hydrogen) atoms. The highest BCUT2D eigenvalue weighted by Crippen LogP contribution is 2.27. The fourth-order valence-corrected chi connectivity index (χ4v) is 1.77. The summed E-state index contributed by atoms with van der Waals surface area (Å²) in [5.74, 6) is -1.57. The fourth-order valence-electron chi connectivity index (χ4n) is 1.77. The van der Waals surface area contributed by atoms with Crippen molar-refractivity contribution in [1.29, 1.82) is 0 Å². The molecule has 2 aromatic rings. The molecule has 1 N–H and O–H groups in total. The number of aliphatic hydroxyl groups is 1. The first-order valence-corrected chi connectivity index (χ1v) is 5.30. The smallest absolute Gasteiger partial charge is 0.150 e. The van der Waals surface area contributed by atoms with Crippen LogP contribution in [0.5, 0.6) is 0 Å². The Morgan fingerprint density at radius 2 is 1.78 bits per heavy atom. The lowest BCUT2D eigenvalue weighted by Crippen LogP contribution is -1.95. The molecule has 0 aliphatic heterocycles. The molecule has 0 fully saturated rings. The van der Waals surface area contributed by atoms with E-state index in [-0.39, 0.29) is 17.7 Å². The molecule has 0 bridgehead atoms. The summed E-state index contributed by atoms with van der Waals surface area (Å²) in [7, 11) is 0. The monoisotopic (exact) mass is 248 g/mol. The maximum Gasteiger partial charge on any atom is 0.150 e. The predicted molar refractivity (Wildman–Crippen MR) is 63.1 cm³/mol. The first-order valence-electron chi connectivity index (χ1n) is 5.30. The van der Waals surface area contributed by atoms with Crippen molar-refractivity contribution in [1.82, 2.24) is 0 Å². The number of halogens is 2. The van der Waals surface area contributed by atoms with Gasteiger partial charge in [-0.15, -0.1) is 0 Å². The molecule has 0 radical (unpaired) electrons. The molecule has 2 aromatic carbocycles. The molecule has 0 amide bonds. The molecule has 0 spiro atoms. The summed E-state index contributed by atoms with van der Waals surface area (Å²) in [5, 5.41) is 8.91. The standard InChI is InChI=1S/C14H10F2O2/c15-12-5-11(8-18)14(13(16)6-12)10-3-1-9(7-17)2-4-10/h1-6,8,17H,7H2. The van der Waals surface area contributed by atoms with Crippen LogP contribution in [0.4, 0.5) is 8.78 Å². The molecule has 0 saturated carbocycles. The van der Waals surface area contributed by atoms with Crippen LogP contribution in [0.1, 0.15) is 15.9 Å². The Morgan fingerprint density at radius 1 is 1.11 bits per heavy atom. The Hall–Kier alpha value is -2.07. The van der Waals surface area contributed by atoms with Crippen LogP contribution in [0.2, 0.25) is 0 Å². The van der Waals surface area contributed by atoms with Crippen molar-refractivity contribution in [3.8, 4) is 11.1 Å². The van der Waals surface area contributed by atoms with Crippen molar-refractivity contribution in [3.63, 3.8) is 0 Å². The SMILES string of the molecule is O=Cc1cc(F)cc(F)c1-c1ccc(CO)cc1. The van der Waals surface area contributed by atoms with E-state index in [4.69, 9.17) is 5.11 Å². The maximum atomic E-state index is 13.7. The lowest BCUT2D eigenvalue weighted by atomic mass is 9.98. The fraction of sp³-hybridized carbons (Fsp3) is 0.0714. The van der Waals surface area contributed by atoms with E-state index >= 15 is 0 Å². The minimum atomic E-state index is -0.787. The zero-order valence-corrected chi connectivity index (χ0v) is 9.36. The van der Waals surface area contributed by atoms with Gasteiger partial charge in [0.05, 0.1) is 6.61 Å². The molecule has 0 saturated heterocycles. The largest absolute Gasteiger partial charge is 0.392 e. The summed E-state index contributed by atoms with van der Waals surface area (Å²) in [5.41, 5.74) is 1.17. The lowest BCUT2D eigenvalue weighted by molar-refractivity contribution is 0.112. The van der Waals surface area contributed by atoms with E-state index < -0.39 is 11.6 Å². The summed E-state index contributed by atoms with van der Waals surface area (Å²) in [6.07, 6.45) is 0.418. The average Bonchev–Trinajstić information content (AvgIpc) is 2.38. The van der Waals surface area contributed by atoms with E-state index in [0.717, 1.165) is 12.1 Å². The van der Waals surface area contributed by atoms with E-state index in [1.165, 1.54) is 0 Å². The molecule has 4 heteroatoms. The Bertz CT molecular complexity index is 577. The quantitative estimate of drug-likeness (QED) is 0.848. The van der Waals surface area contributed by atoms with Gasteiger partial charge in [-0.1, -0.05) is 24.3 Å². The first kappa shape index (κ1) is 12.4. The molecule has 0 heterocycles. The molecule has 0 atom stereocenters. The number of carbonyl (C=O) groups excluding carboxylic acids is 1. The minimum Gasteiger partial charge on any atom is -0.392 e. The van der Waals surface area contributed by atoms with Crippen LogP contribution in [0.15, 0.2) is 36.4 Å². The Balaban J connectivity index is 2.58. The second-order valence-electron chi connectivity index (χ2n) is 3.82. The molecule has 0 aliphatic rings. The van der Waals surface area contributed by atoms with E-state index in [2.05, 4.69) is 0 Å². The van der Waals surface area contributed by atoms with Crippen LogP contribution >= 0.6 is 0 Å². The van der Waals surface area contributed by atoms with Gasteiger partial charge in [0, 0.05) is 17.2 Å². The zero-order chi connectivity index (χ0) is 13.1. The topological polar surface area (TPSA) is 37.3 Å². The molecular weight excluding hydrogens is 238 g/mol. The number of benzene rings is 2. The van der Waals surface area contributed by atoms with Gasteiger partial charge in [-0.05, 0) is 17.2 Å². The minimum absolute atomic E-state index is 0.0377. The zero-order valence-electron chi connectivity index (χ0n) is 9.36. The Kier molecular flexibility index (Phi) is 3.48. The van der Waals surface area contributed by atoms with Crippen molar-refractivity contribution in [2.75, 3.05) is 0 Å². The van der Waals surface area contributed by atoms with Crippen LogP contribution in [0.25, 0.3) is 11.1 Å². The Morgan fingerprint density at radius 3 is 2.33 bits per heavy atom. The third-order valence-corrected chi connectivity index (χ3v) is 2.64. The van der Waals surface area contributed by atoms with Crippen LogP contribution in [-0.2, 0) is 6.61 Å². The maximum absolute atomic E-state index is 13.7. The predicted octanol–water partition coefficient (Wildman–Crippen LogP) is 2.94. The van der Waals surface area contributed by atoms with Crippen molar-refractivity contribution in [3.05, 3.63) is 59.2 Å². The molecular formula is C14H10F2O2. The van der Waals surface area contributed by atoms with Crippen molar-refractivity contribution in [2.45, 2.75) is 6.61 Å². The van der Waals surface area contributed by atoms with Crippen molar-refractivity contribution >= 4 is 6.29 Å². The molecule has 2 nitrogen and oxygen atoms in total. The van der Waals surface area contributed by atoms with Crippen LogP contribution in [0, 0.1) is 11.6 Å². The van der Waals surface area contributed by atoms with Gasteiger partial charge in [0.15, 0.2) is 6.29 Å². The van der Waals surface area contributed by atoms with Gasteiger partial charge >= 0.3 is 0 Å². The molecule has 0 aliphatic carbocycles. The summed E-state index contributed by atoms with van der Waals surface area (Å²) in [6, 6.07) is 8.12. The van der Waals surface area contributed by atoms with Gasteiger partial charge in [-0.3, -0.25) is 4.79 Å². The van der Waals surface area contributed by atoms with Crippen molar-refractivity contribution < 1.29 is 18.7 Å². The molecule has 0 aromatic heterocycles. The van der Waals surface area contributed by atoms with Gasteiger partial charge in [-0.25, -0.2) is 8.78 Å². The number of carbonyl (C=O) groups is 1. The number of aliphatic hydroxyl groups excluding tert-OH is 1. The molecule has 92 valence electrons. The van der Waals surface area contributed by atoms with Crippen molar-refractivity contribution in [2.24, 2.45) is 0 Å². The summed E-state index contributed by atoms with van der Waals surface area (Å²) >= 11 is 0. The van der Waals surface area contributed by atoms with Gasteiger partial charge in [0.2, 0.25) is 0 Å². The Labute approximate surface area is 103 Å². The number of hydrogen-bond donors (Lipinski definition) is 1. The molecule has 2 rings (SSSR count). The van der Waals surface area contributed by atoms with Crippen LogP contribution in [0.3, 0.4) is 0 Å². The van der Waals surface area contributed by atoms with Gasteiger partial charge in [-0.2, -0.15) is 0 Å². The highest BCUT2D eigenvalue weighted by Gasteiger charge is 2.12. The lowest BCUT2D eigenvalue weighted by Gasteiger charge is -2.07. The van der Waals surface area contributed by atoms with Gasteiger partial charge in [0.25, 0.3) is 0 Å². The number of aldehydes is 1. The van der Waals surface area contributed by atoms with E-state index in [1.807, 2.05) is 0 Å². The van der Waals surface area contributed by atoms with E-state index in [0.29, 0.717) is 17.4 Å². The van der Waals surface area contributed by atoms with Gasteiger partial charge < -0.3 is 5.11 Å². The first-order chi connectivity index (χ1) is 8.65. The highest BCUT2D eigenvalue weighted by molar-refractivity contribution is 5.87.